The maximum atomic E-state index is 5.59. The van der Waals surface area contributed by atoms with Gasteiger partial charge in [0.2, 0.25) is 0 Å². The summed E-state index contributed by atoms with van der Waals surface area (Å²) >= 11 is 0. The fourth-order valence-electron chi connectivity index (χ4n) is 1.98. The fraction of sp³-hybridized carbons (Fsp3) is 0.643. The molecule has 94 valence electrons. The first-order chi connectivity index (χ1) is 8.20. The molecule has 1 saturated carbocycles. The van der Waals surface area contributed by atoms with Gasteiger partial charge in [-0.3, -0.25) is 0 Å². The minimum atomic E-state index is 0.572. The lowest BCUT2D eigenvalue weighted by atomic mass is 10.1. The molecule has 1 aromatic heterocycles. The molecule has 1 aliphatic rings. The van der Waals surface area contributed by atoms with Crippen molar-refractivity contribution in [3.05, 3.63) is 23.9 Å². The van der Waals surface area contributed by atoms with Crippen molar-refractivity contribution in [1.29, 1.82) is 0 Å². The molecule has 0 aliphatic heterocycles. The van der Waals surface area contributed by atoms with Crippen LogP contribution in [-0.4, -0.2) is 17.6 Å². The number of anilines is 1. The quantitative estimate of drug-likeness (QED) is 0.821. The maximum absolute atomic E-state index is 5.59. The van der Waals surface area contributed by atoms with E-state index in [2.05, 4.69) is 35.9 Å². The molecular formula is C14H23N3. The number of aromatic nitrogens is 1. The van der Waals surface area contributed by atoms with Crippen LogP contribution < -0.4 is 10.6 Å². The van der Waals surface area contributed by atoms with Crippen LogP contribution in [0.3, 0.4) is 0 Å². The molecule has 3 nitrogen and oxygen atoms in total. The van der Waals surface area contributed by atoms with Gasteiger partial charge in [-0.25, -0.2) is 4.98 Å². The smallest absolute Gasteiger partial charge is 0.128 e. The Labute approximate surface area is 104 Å². The first-order valence-electron chi connectivity index (χ1n) is 6.62. The summed E-state index contributed by atoms with van der Waals surface area (Å²) in [6, 6.07) is 4.93. The van der Waals surface area contributed by atoms with Gasteiger partial charge in [0.1, 0.15) is 5.82 Å². The number of hydrogen-bond donors (Lipinski definition) is 1. The number of nitrogens with two attached hydrogens (primary N) is 1. The molecule has 0 amide bonds. The summed E-state index contributed by atoms with van der Waals surface area (Å²) in [5.74, 6) is 1.87. The van der Waals surface area contributed by atoms with E-state index < -0.39 is 0 Å². The predicted octanol–water partition coefficient (Wildman–Crippen LogP) is 2.56. The molecule has 2 N–H and O–H groups in total. The number of nitrogens with zero attached hydrogens (tertiary/aromatic N) is 2. The van der Waals surface area contributed by atoms with Gasteiger partial charge in [0.05, 0.1) is 0 Å². The van der Waals surface area contributed by atoms with E-state index in [0.29, 0.717) is 6.54 Å². The zero-order valence-corrected chi connectivity index (χ0v) is 10.9. The van der Waals surface area contributed by atoms with Crippen LogP contribution in [0.25, 0.3) is 0 Å². The van der Waals surface area contributed by atoms with Crippen molar-refractivity contribution >= 4 is 5.82 Å². The van der Waals surface area contributed by atoms with Gasteiger partial charge in [0.15, 0.2) is 0 Å². The Hall–Kier alpha value is -1.09. The summed E-state index contributed by atoms with van der Waals surface area (Å²) in [6.07, 6.45) is 5.77. The van der Waals surface area contributed by atoms with Crippen LogP contribution in [0.5, 0.6) is 0 Å². The van der Waals surface area contributed by atoms with Crippen LogP contribution in [-0.2, 0) is 6.54 Å². The summed E-state index contributed by atoms with van der Waals surface area (Å²) in [6.45, 7) is 6.24. The third-order valence-corrected chi connectivity index (χ3v) is 3.27. The Kier molecular flexibility index (Phi) is 4.00. The van der Waals surface area contributed by atoms with E-state index in [0.717, 1.165) is 29.9 Å². The normalized spacial score (nSPS) is 15.3. The maximum Gasteiger partial charge on any atom is 0.128 e. The lowest BCUT2D eigenvalue weighted by Gasteiger charge is -2.24. The molecule has 0 spiro atoms. The molecule has 0 aromatic carbocycles. The van der Waals surface area contributed by atoms with E-state index in [1.807, 2.05) is 6.20 Å². The Bertz CT molecular complexity index is 341. The highest BCUT2D eigenvalue weighted by Crippen LogP contribution is 2.31. The van der Waals surface area contributed by atoms with Gasteiger partial charge in [0.25, 0.3) is 0 Å². The van der Waals surface area contributed by atoms with E-state index in [-0.39, 0.29) is 0 Å². The molecule has 2 rings (SSSR count). The highest BCUT2D eigenvalue weighted by Gasteiger charge is 2.29. The molecule has 1 fully saturated rings. The zero-order valence-electron chi connectivity index (χ0n) is 10.9. The Morgan fingerprint density at radius 3 is 2.65 bits per heavy atom. The topological polar surface area (TPSA) is 42.1 Å². The molecule has 0 saturated heterocycles. The summed E-state index contributed by atoms with van der Waals surface area (Å²) in [5.41, 5.74) is 6.70. The van der Waals surface area contributed by atoms with Gasteiger partial charge in [-0.1, -0.05) is 19.9 Å². The van der Waals surface area contributed by atoms with Gasteiger partial charge in [-0.2, -0.15) is 0 Å². The van der Waals surface area contributed by atoms with Crippen molar-refractivity contribution in [2.24, 2.45) is 11.7 Å². The molecule has 0 atom stereocenters. The molecule has 1 aromatic rings. The first-order valence-corrected chi connectivity index (χ1v) is 6.62. The molecular weight excluding hydrogens is 210 g/mol. The van der Waals surface area contributed by atoms with Crippen molar-refractivity contribution < 1.29 is 0 Å². The second-order valence-electron chi connectivity index (χ2n) is 5.34. The highest BCUT2D eigenvalue weighted by atomic mass is 15.2. The minimum Gasteiger partial charge on any atom is -0.354 e. The lowest BCUT2D eigenvalue weighted by molar-refractivity contribution is 0.568. The van der Waals surface area contributed by atoms with Gasteiger partial charge in [0, 0.05) is 25.3 Å². The largest absolute Gasteiger partial charge is 0.354 e. The van der Waals surface area contributed by atoms with E-state index >= 15 is 0 Å². The third kappa shape index (κ3) is 3.43. The van der Waals surface area contributed by atoms with E-state index in [9.17, 15) is 0 Å². The standard InChI is InChI=1S/C14H23N3/c1-11(2)7-8-17(13-4-5-13)14-6-3-12(9-15)10-16-14/h3,6,10-11,13H,4-5,7-9,15H2,1-2H3. The van der Waals surface area contributed by atoms with Gasteiger partial charge < -0.3 is 10.6 Å². The second-order valence-corrected chi connectivity index (χ2v) is 5.34. The molecule has 1 heterocycles. The molecule has 17 heavy (non-hydrogen) atoms. The van der Waals surface area contributed by atoms with Crippen molar-refractivity contribution in [2.45, 2.75) is 45.7 Å². The van der Waals surface area contributed by atoms with Crippen LogP contribution in [0.4, 0.5) is 5.82 Å². The lowest BCUT2D eigenvalue weighted by Crippen LogP contribution is -2.28. The number of rotatable bonds is 6. The summed E-state index contributed by atoms with van der Waals surface area (Å²) in [5, 5.41) is 0. The number of pyridine rings is 1. The number of hydrogen-bond acceptors (Lipinski definition) is 3. The Morgan fingerprint density at radius 2 is 2.18 bits per heavy atom. The van der Waals surface area contributed by atoms with Crippen LogP contribution in [0, 0.1) is 5.92 Å². The van der Waals surface area contributed by atoms with Crippen molar-refractivity contribution in [3.63, 3.8) is 0 Å². The van der Waals surface area contributed by atoms with E-state index in [1.165, 1.54) is 19.3 Å². The Balaban J connectivity index is 2.03. The van der Waals surface area contributed by atoms with Gasteiger partial charge >= 0.3 is 0 Å². The predicted molar refractivity (Wildman–Crippen MR) is 72.0 cm³/mol. The van der Waals surface area contributed by atoms with Crippen molar-refractivity contribution in [2.75, 3.05) is 11.4 Å². The monoisotopic (exact) mass is 233 g/mol. The van der Waals surface area contributed by atoms with E-state index in [1.54, 1.807) is 0 Å². The minimum absolute atomic E-state index is 0.572. The first kappa shape index (κ1) is 12.4. The average Bonchev–Trinajstić information content (AvgIpc) is 3.14. The highest BCUT2D eigenvalue weighted by molar-refractivity contribution is 5.42. The molecule has 0 unspecified atom stereocenters. The van der Waals surface area contributed by atoms with Crippen LogP contribution in [0.15, 0.2) is 18.3 Å². The zero-order chi connectivity index (χ0) is 12.3. The molecule has 3 heteroatoms. The average molecular weight is 233 g/mol. The Morgan fingerprint density at radius 1 is 1.41 bits per heavy atom. The van der Waals surface area contributed by atoms with Crippen LogP contribution in [0.1, 0.15) is 38.7 Å². The summed E-state index contributed by atoms with van der Waals surface area (Å²) in [7, 11) is 0. The summed E-state index contributed by atoms with van der Waals surface area (Å²) < 4.78 is 0. The van der Waals surface area contributed by atoms with Crippen LogP contribution >= 0.6 is 0 Å². The van der Waals surface area contributed by atoms with Crippen LogP contribution in [0.2, 0.25) is 0 Å². The SMILES string of the molecule is CC(C)CCN(c1ccc(CN)cn1)C1CC1. The van der Waals surface area contributed by atoms with Crippen molar-refractivity contribution in [3.8, 4) is 0 Å². The molecule has 1 aliphatic carbocycles. The molecule has 0 bridgehead atoms. The third-order valence-electron chi connectivity index (χ3n) is 3.27. The second kappa shape index (κ2) is 5.50. The fourth-order valence-corrected chi connectivity index (χ4v) is 1.98. The van der Waals surface area contributed by atoms with E-state index in [4.69, 9.17) is 5.73 Å². The molecule has 0 radical (unpaired) electrons. The van der Waals surface area contributed by atoms with Gasteiger partial charge in [-0.05, 0) is 36.8 Å². The van der Waals surface area contributed by atoms with Crippen molar-refractivity contribution in [1.82, 2.24) is 4.98 Å². The van der Waals surface area contributed by atoms with Gasteiger partial charge in [-0.15, -0.1) is 0 Å². The summed E-state index contributed by atoms with van der Waals surface area (Å²) in [4.78, 5) is 6.99.